The first kappa shape index (κ1) is 31.8. The van der Waals surface area contributed by atoms with Crippen molar-refractivity contribution in [2.75, 3.05) is 13.7 Å². The van der Waals surface area contributed by atoms with Crippen LogP contribution in [0.3, 0.4) is 0 Å². The van der Waals surface area contributed by atoms with E-state index in [1.807, 2.05) is 0 Å². The van der Waals surface area contributed by atoms with Gasteiger partial charge in [-0.3, -0.25) is 19.2 Å². The fourth-order valence-electron chi connectivity index (χ4n) is 4.74. The summed E-state index contributed by atoms with van der Waals surface area (Å²) in [5, 5.41) is 3.71. The molecule has 15 nitrogen and oxygen atoms in total. The average molecular weight is 558 g/mol. The van der Waals surface area contributed by atoms with E-state index in [0.29, 0.717) is 12.8 Å². The van der Waals surface area contributed by atoms with E-state index in [9.17, 15) is 29.5 Å². The minimum absolute atomic E-state index is 0.412. The van der Waals surface area contributed by atoms with Gasteiger partial charge in [0.25, 0.3) is 5.79 Å². The maximum Gasteiger partial charge on any atom is 0.366 e. The number of carbonyl (C=O) groups excluding carboxylic acids is 5. The van der Waals surface area contributed by atoms with Crippen LogP contribution in [-0.2, 0) is 57.1 Å². The highest BCUT2D eigenvalue weighted by atomic mass is 16.7. The Bertz CT molecular complexity index is 962. The van der Waals surface area contributed by atoms with Crippen LogP contribution in [0.5, 0.6) is 0 Å². The molecule has 1 saturated heterocycles. The van der Waals surface area contributed by atoms with Crippen LogP contribution < -0.4 is 0 Å². The molecule has 39 heavy (non-hydrogen) atoms. The molecule has 1 saturated carbocycles. The van der Waals surface area contributed by atoms with Crippen LogP contribution in [0.25, 0.3) is 10.4 Å². The molecule has 0 spiro atoms. The fourth-order valence-corrected chi connectivity index (χ4v) is 4.74. The van der Waals surface area contributed by atoms with E-state index in [-0.39, 0.29) is 0 Å². The zero-order chi connectivity index (χ0) is 29.2. The highest BCUT2D eigenvalue weighted by Gasteiger charge is 2.59. The smallest absolute Gasteiger partial charge is 0.366 e. The minimum Gasteiger partial charge on any atom is -0.465 e. The Balaban J connectivity index is 2.68. The largest absolute Gasteiger partial charge is 0.465 e. The molecule has 0 N–H and O–H groups in total. The van der Waals surface area contributed by atoms with Crippen LogP contribution in [0.2, 0.25) is 0 Å². The Kier molecular flexibility index (Phi) is 11.9. The van der Waals surface area contributed by atoms with Gasteiger partial charge in [0.05, 0.1) is 19.6 Å². The topological polar surface area (TPSA) is 199 Å². The number of rotatable bonds is 11. The predicted molar refractivity (Wildman–Crippen MR) is 128 cm³/mol. The molecule has 0 radical (unpaired) electrons. The summed E-state index contributed by atoms with van der Waals surface area (Å²) in [6, 6.07) is -1.40. The van der Waals surface area contributed by atoms with Gasteiger partial charge in [-0.05, 0) is 18.4 Å². The lowest BCUT2D eigenvalue weighted by molar-refractivity contribution is -0.325. The molecule has 0 unspecified atom stereocenters. The van der Waals surface area contributed by atoms with E-state index in [1.54, 1.807) is 0 Å². The van der Waals surface area contributed by atoms with Gasteiger partial charge in [-0.2, -0.15) is 0 Å². The summed E-state index contributed by atoms with van der Waals surface area (Å²) in [6.07, 6.45) is -2.94. The summed E-state index contributed by atoms with van der Waals surface area (Å²) in [6.45, 7) is 3.78. The van der Waals surface area contributed by atoms with Crippen molar-refractivity contribution in [2.45, 2.75) is 109 Å². The highest BCUT2D eigenvalue weighted by molar-refractivity contribution is 5.78. The van der Waals surface area contributed by atoms with Gasteiger partial charge in [-0.1, -0.05) is 24.4 Å². The van der Waals surface area contributed by atoms with E-state index >= 15 is 0 Å². The second-order valence-corrected chi connectivity index (χ2v) is 9.28. The number of azide groups is 1. The molecule has 0 aromatic rings. The van der Waals surface area contributed by atoms with Gasteiger partial charge in [-0.25, -0.2) is 4.79 Å². The van der Waals surface area contributed by atoms with E-state index in [2.05, 4.69) is 10.0 Å². The summed E-state index contributed by atoms with van der Waals surface area (Å²) in [4.78, 5) is 63.8. The third kappa shape index (κ3) is 9.08. The van der Waals surface area contributed by atoms with Crippen molar-refractivity contribution in [3.05, 3.63) is 10.4 Å². The molecule has 15 heteroatoms. The van der Waals surface area contributed by atoms with Crippen molar-refractivity contribution >= 4 is 29.8 Å². The quantitative estimate of drug-likeness (QED) is 0.118. The molecule has 1 heterocycles. The van der Waals surface area contributed by atoms with Gasteiger partial charge in [0.15, 0.2) is 12.2 Å². The molecule has 0 amide bonds. The summed E-state index contributed by atoms with van der Waals surface area (Å²) in [5.74, 6) is -6.34. The van der Waals surface area contributed by atoms with Gasteiger partial charge in [0.1, 0.15) is 24.9 Å². The summed E-state index contributed by atoms with van der Waals surface area (Å²) in [7, 11) is 1.11. The molecule has 6 atom stereocenters. The third-order valence-electron chi connectivity index (χ3n) is 6.18. The Hall–Kier alpha value is -3.42. The molecule has 0 bridgehead atoms. The first-order chi connectivity index (χ1) is 18.4. The van der Waals surface area contributed by atoms with Gasteiger partial charge in [0.2, 0.25) is 0 Å². The van der Waals surface area contributed by atoms with Crippen LogP contribution in [0, 0.1) is 0 Å². The van der Waals surface area contributed by atoms with Crippen molar-refractivity contribution in [2.24, 2.45) is 5.11 Å². The molecule has 218 valence electrons. The zero-order valence-corrected chi connectivity index (χ0v) is 22.7. The normalized spacial score (nSPS) is 26.6. The Morgan fingerprint density at radius 1 is 0.974 bits per heavy atom. The second kappa shape index (κ2) is 14.7. The molecular formula is C24H35N3O12. The second-order valence-electron chi connectivity index (χ2n) is 9.28. The number of ether oxygens (including phenoxy) is 7. The Morgan fingerprint density at radius 2 is 1.62 bits per heavy atom. The molecule has 2 aliphatic rings. The lowest BCUT2D eigenvalue weighted by Gasteiger charge is -2.48. The molecular weight excluding hydrogens is 522 g/mol. The predicted octanol–water partition coefficient (Wildman–Crippen LogP) is 2.03. The van der Waals surface area contributed by atoms with Crippen molar-refractivity contribution < 1.29 is 57.1 Å². The van der Waals surface area contributed by atoms with Crippen LogP contribution in [0.15, 0.2) is 5.11 Å². The number of esters is 5. The maximum atomic E-state index is 13.2. The lowest BCUT2D eigenvalue weighted by Crippen LogP contribution is -2.65. The molecule has 2 fully saturated rings. The molecule has 1 aliphatic carbocycles. The summed E-state index contributed by atoms with van der Waals surface area (Å²) >= 11 is 0. The number of methoxy groups -OCH3 is 1. The van der Waals surface area contributed by atoms with Gasteiger partial charge >= 0.3 is 29.8 Å². The molecule has 0 aromatic carbocycles. The van der Waals surface area contributed by atoms with Crippen molar-refractivity contribution in [1.29, 1.82) is 0 Å². The molecule has 0 aromatic heterocycles. The van der Waals surface area contributed by atoms with Crippen LogP contribution >= 0.6 is 0 Å². The van der Waals surface area contributed by atoms with Crippen molar-refractivity contribution in [3.8, 4) is 0 Å². The van der Waals surface area contributed by atoms with Crippen LogP contribution in [-0.4, -0.2) is 85.9 Å². The van der Waals surface area contributed by atoms with Gasteiger partial charge < -0.3 is 33.2 Å². The number of nitrogens with zero attached hydrogens (tertiary/aromatic N) is 3. The Morgan fingerprint density at radius 3 is 2.13 bits per heavy atom. The molecule has 2 rings (SSSR count). The monoisotopic (exact) mass is 557 g/mol. The minimum atomic E-state index is -2.18. The van der Waals surface area contributed by atoms with E-state index < -0.39 is 85.2 Å². The average Bonchev–Trinajstić information content (AvgIpc) is 2.86. The fraction of sp³-hybridized carbons (Fsp3) is 0.792. The molecule has 1 aliphatic heterocycles. The van der Waals surface area contributed by atoms with E-state index in [1.165, 1.54) is 0 Å². The van der Waals surface area contributed by atoms with E-state index in [0.717, 1.165) is 54.1 Å². The lowest BCUT2D eigenvalue weighted by atomic mass is 9.88. The number of hydrogen-bond donors (Lipinski definition) is 0. The van der Waals surface area contributed by atoms with Gasteiger partial charge in [-0.15, -0.1) is 0 Å². The van der Waals surface area contributed by atoms with E-state index in [4.69, 9.17) is 33.2 Å². The third-order valence-corrected chi connectivity index (χ3v) is 6.18. The highest BCUT2D eigenvalue weighted by Crippen LogP contribution is 2.40. The van der Waals surface area contributed by atoms with Crippen LogP contribution in [0.1, 0.15) is 66.2 Å². The first-order valence-electron chi connectivity index (χ1n) is 12.6. The SMILES string of the molecule is COC(=O)[C@@]1(OC2CCCCC2)C[C@H](OC(C)=O)[C@@H](N=[N+]=[N-])[C@H]([C@H](OC(C)=O)[C@@H](COC(C)=O)OC(C)=O)O1. The van der Waals surface area contributed by atoms with Crippen molar-refractivity contribution in [3.63, 3.8) is 0 Å². The zero-order valence-electron chi connectivity index (χ0n) is 22.7. The van der Waals surface area contributed by atoms with Crippen LogP contribution in [0.4, 0.5) is 0 Å². The van der Waals surface area contributed by atoms with Gasteiger partial charge in [0, 0.05) is 32.6 Å². The standard InChI is InChI=1S/C24H35N3O12/c1-13(28)34-12-19(36-15(3)30)21(37-16(4)31)22-20(26-27-25)18(35-14(2)29)11-24(39-22,23(32)33-5)38-17-9-7-6-8-10-17/h17-22H,6-12H2,1-5H3/t18-,19+,20+,21+,22+,24+/m0/s1. The maximum absolute atomic E-state index is 13.2. The summed E-state index contributed by atoms with van der Waals surface area (Å²) < 4.78 is 38.6. The summed E-state index contributed by atoms with van der Waals surface area (Å²) in [5.41, 5.74) is 9.34. The first-order valence-corrected chi connectivity index (χ1v) is 12.6. The number of hydrogen-bond acceptors (Lipinski definition) is 13. The number of carbonyl (C=O) groups is 5. The Labute approximate surface area is 225 Å². The van der Waals surface area contributed by atoms with Crippen molar-refractivity contribution in [1.82, 2.24) is 0 Å².